The third-order valence-electron chi connectivity index (χ3n) is 5.33. The Balaban J connectivity index is 2.65. The molecule has 0 spiro atoms. The highest BCUT2D eigenvalue weighted by Gasteiger charge is 2.30. The van der Waals surface area contributed by atoms with Crippen molar-refractivity contribution in [1.29, 1.82) is 0 Å². The molecule has 2 heteroatoms. The molecule has 0 bridgehead atoms. The molecular formula is C23H32O2. The molecule has 25 heavy (non-hydrogen) atoms. The first-order chi connectivity index (χ1) is 11.8. The number of rotatable bonds is 7. The average molecular weight is 341 g/mol. The first kappa shape index (κ1) is 19.7. The van der Waals surface area contributed by atoms with E-state index in [0.717, 1.165) is 6.42 Å². The van der Waals surface area contributed by atoms with E-state index in [4.69, 9.17) is 0 Å². The minimum atomic E-state index is -0.286. The summed E-state index contributed by atoms with van der Waals surface area (Å²) in [7, 11) is 0. The van der Waals surface area contributed by atoms with Crippen molar-refractivity contribution in [2.75, 3.05) is 13.2 Å². The van der Waals surface area contributed by atoms with Crippen molar-refractivity contribution in [3.05, 3.63) is 70.8 Å². The summed E-state index contributed by atoms with van der Waals surface area (Å²) in [5.74, 6) is 0.240. The Morgan fingerprint density at radius 3 is 1.40 bits per heavy atom. The van der Waals surface area contributed by atoms with Gasteiger partial charge in [-0.05, 0) is 28.7 Å². The van der Waals surface area contributed by atoms with Crippen molar-refractivity contribution in [2.24, 2.45) is 0 Å². The highest BCUT2D eigenvalue weighted by atomic mass is 16.3. The second-order valence-electron chi connectivity index (χ2n) is 8.22. The fourth-order valence-corrected chi connectivity index (χ4v) is 3.61. The Bertz CT molecular complexity index is 641. The van der Waals surface area contributed by atoms with Gasteiger partial charge in [-0.25, -0.2) is 0 Å². The topological polar surface area (TPSA) is 40.5 Å². The van der Waals surface area contributed by atoms with Gasteiger partial charge in [0.2, 0.25) is 0 Å². The number of hydrogen-bond acceptors (Lipinski definition) is 2. The van der Waals surface area contributed by atoms with Crippen molar-refractivity contribution < 1.29 is 10.2 Å². The zero-order valence-corrected chi connectivity index (χ0v) is 16.2. The lowest BCUT2D eigenvalue weighted by Crippen LogP contribution is -2.27. The van der Waals surface area contributed by atoms with Crippen LogP contribution in [0.1, 0.15) is 69.2 Å². The molecule has 0 aliphatic carbocycles. The van der Waals surface area contributed by atoms with Crippen molar-refractivity contribution >= 4 is 0 Å². The molecule has 0 fully saturated rings. The van der Waals surface area contributed by atoms with E-state index in [1.54, 1.807) is 0 Å². The summed E-state index contributed by atoms with van der Waals surface area (Å²) in [6, 6.07) is 16.9. The Morgan fingerprint density at radius 1 is 0.720 bits per heavy atom. The molecule has 0 aliphatic heterocycles. The molecule has 0 aromatic heterocycles. The third-order valence-corrected chi connectivity index (χ3v) is 5.33. The molecule has 2 N–H and O–H groups in total. The van der Waals surface area contributed by atoms with Crippen molar-refractivity contribution in [3.8, 4) is 0 Å². The van der Waals surface area contributed by atoms with Crippen molar-refractivity contribution in [1.82, 2.24) is 0 Å². The second-order valence-corrected chi connectivity index (χ2v) is 8.22. The third kappa shape index (κ3) is 3.96. The lowest BCUT2D eigenvalue weighted by atomic mass is 9.73. The normalized spacial score (nSPS) is 12.6. The summed E-state index contributed by atoms with van der Waals surface area (Å²) in [6.07, 6.45) is 0.969. The van der Waals surface area contributed by atoms with Crippen LogP contribution in [0.5, 0.6) is 0 Å². The standard InChI is InChI=1S/C23H32O2/c1-6-17(18-11-7-9-13-20(18)22(2,3)15-24)19-12-8-10-14-21(19)23(4,5)16-25/h7-14,17,24-25H,6,15-16H2,1-5H3. The molecular weight excluding hydrogens is 308 g/mol. The van der Waals surface area contributed by atoms with Gasteiger partial charge in [0.25, 0.3) is 0 Å². The van der Waals surface area contributed by atoms with Gasteiger partial charge in [0.1, 0.15) is 0 Å². The van der Waals surface area contributed by atoms with E-state index in [1.807, 2.05) is 12.1 Å². The Morgan fingerprint density at radius 2 is 1.08 bits per heavy atom. The Hall–Kier alpha value is -1.64. The maximum absolute atomic E-state index is 9.89. The van der Waals surface area contributed by atoms with Crippen LogP contribution in [0.2, 0.25) is 0 Å². The largest absolute Gasteiger partial charge is 0.395 e. The van der Waals surface area contributed by atoms with Gasteiger partial charge < -0.3 is 10.2 Å². The number of benzene rings is 2. The van der Waals surface area contributed by atoms with Gasteiger partial charge in [0.05, 0.1) is 13.2 Å². The van der Waals surface area contributed by atoms with Crippen LogP contribution >= 0.6 is 0 Å². The molecule has 0 amide bonds. The molecule has 0 radical (unpaired) electrons. The van der Waals surface area contributed by atoms with Crippen LogP contribution < -0.4 is 0 Å². The summed E-state index contributed by atoms with van der Waals surface area (Å²) in [4.78, 5) is 0. The molecule has 0 aliphatic rings. The second kappa shape index (κ2) is 7.72. The molecule has 0 saturated carbocycles. The predicted molar refractivity (Wildman–Crippen MR) is 105 cm³/mol. The van der Waals surface area contributed by atoms with E-state index in [-0.39, 0.29) is 30.0 Å². The lowest BCUT2D eigenvalue weighted by molar-refractivity contribution is 0.216. The van der Waals surface area contributed by atoms with Crippen LogP contribution in [0.25, 0.3) is 0 Å². The minimum Gasteiger partial charge on any atom is -0.395 e. The maximum atomic E-state index is 9.89. The van der Waals surface area contributed by atoms with E-state index in [1.165, 1.54) is 22.3 Å². The molecule has 2 rings (SSSR count). The molecule has 2 aromatic carbocycles. The fraction of sp³-hybridized carbons (Fsp3) is 0.478. The molecule has 0 unspecified atom stereocenters. The highest BCUT2D eigenvalue weighted by molar-refractivity contribution is 5.46. The van der Waals surface area contributed by atoms with E-state index >= 15 is 0 Å². The first-order valence-corrected chi connectivity index (χ1v) is 9.19. The van der Waals surface area contributed by atoms with Crippen molar-refractivity contribution in [3.63, 3.8) is 0 Å². The number of aliphatic hydroxyl groups is 2. The highest BCUT2D eigenvalue weighted by Crippen LogP contribution is 2.39. The Kier molecular flexibility index (Phi) is 6.08. The fourth-order valence-electron chi connectivity index (χ4n) is 3.61. The van der Waals surface area contributed by atoms with Gasteiger partial charge in [-0.15, -0.1) is 0 Å². The molecule has 0 atom stereocenters. The van der Waals surface area contributed by atoms with Crippen LogP contribution in [0, 0.1) is 0 Å². The summed E-state index contributed by atoms with van der Waals surface area (Å²) < 4.78 is 0. The average Bonchev–Trinajstić information content (AvgIpc) is 2.63. The Labute approximate surface area is 152 Å². The van der Waals surface area contributed by atoms with Gasteiger partial charge in [-0.1, -0.05) is 83.1 Å². The molecule has 0 saturated heterocycles. The van der Waals surface area contributed by atoms with Crippen LogP contribution in [0.3, 0.4) is 0 Å². The van der Waals surface area contributed by atoms with Crippen molar-refractivity contribution in [2.45, 2.75) is 57.8 Å². The minimum absolute atomic E-state index is 0.115. The van der Waals surface area contributed by atoms with E-state index < -0.39 is 0 Å². The first-order valence-electron chi connectivity index (χ1n) is 9.19. The van der Waals surface area contributed by atoms with E-state index in [0.29, 0.717) is 0 Å². The molecule has 0 heterocycles. The monoisotopic (exact) mass is 340 g/mol. The van der Waals surface area contributed by atoms with Gasteiger partial charge in [0.15, 0.2) is 0 Å². The van der Waals surface area contributed by atoms with Gasteiger partial charge in [-0.3, -0.25) is 0 Å². The smallest absolute Gasteiger partial charge is 0.0522 e. The summed E-state index contributed by atoms with van der Waals surface area (Å²) in [5.41, 5.74) is 4.36. The van der Waals surface area contributed by atoms with Gasteiger partial charge in [0, 0.05) is 16.7 Å². The quantitative estimate of drug-likeness (QED) is 0.762. The van der Waals surface area contributed by atoms with Gasteiger partial charge >= 0.3 is 0 Å². The summed E-state index contributed by atoms with van der Waals surface area (Å²) >= 11 is 0. The summed E-state index contributed by atoms with van der Waals surface area (Å²) in [5, 5.41) is 19.8. The van der Waals surface area contributed by atoms with E-state index in [9.17, 15) is 10.2 Å². The SMILES string of the molecule is CCC(c1ccccc1C(C)(C)CO)c1ccccc1C(C)(C)CO. The van der Waals surface area contributed by atoms with Gasteiger partial charge in [-0.2, -0.15) is 0 Å². The zero-order chi connectivity index (χ0) is 18.7. The zero-order valence-electron chi connectivity index (χ0n) is 16.2. The molecule has 2 nitrogen and oxygen atoms in total. The van der Waals surface area contributed by atoms with Crippen LogP contribution in [-0.4, -0.2) is 23.4 Å². The van der Waals surface area contributed by atoms with Crippen LogP contribution in [-0.2, 0) is 10.8 Å². The summed E-state index contributed by atoms with van der Waals surface area (Å²) in [6.45, 7) is 10.8. The lowest BCUT2D eigenvalue weighted by Gasteiger charge is -2.32. The van der Waals surface area contributed by atoms with Crippen LogP contribution in [0.15, 0.2) is 48.5 Å². The van der Waals surface area contributed by atoms with Crippen LogP contribution in [0.4, 0.5) is 0 Å². The molecule has 2 aromatic rings. The maximum Gasteiger partial charge on any atom is 0.0522 e. The number of aliphatic hydroxyl groups excluding tert-OH is 2. The number of hydrogen-bond donors (Lipinski definition) is 2. The van der Waals surface area contributed by atoms with E-state index in [2.05, 4.69) is 71.0 Å². The molecule has 136 valence electrons. The predicted octanol–water partition coefficient (Wildman–Crippen LogP) is 4.77.